The Bertz CT molecular complexity index is 301. The van der Waals surface area contributed by atoms with Gasteiger partial charge in [0.1, 0.15) is 0 Å². The molecule has 1 rings (SSSR count). The van der Waals surface area contributed by atoms with Crippen molar-refractivity contribution in [2.24, 2.45) is 0 Å². The van der Waals surface area contributed by atoms with Crippen LogP contribution in [0.25, 0.3) is 0 Å². The highest BCUT2D eigenvalue weighted by molar-refractivity contribution is 7.25. The molecular weight excluding hydrogens is 167 g/mol. The van der Waals surface area contributed by atoms with Crippen LogP contribution in [0.15, 0.2) is 41.7 Å². The number of carbonyl (C=O) groups excluding carboxylic acids is 1. The molecule has 1 atom stereocenters. The van der Waals surface area contributed by atoms with Crippen molar-refractivity contribution in [2.75, 3.05) is 0 Å². The second-order valence-corrected chi connectivity index (χ2v) is 3.06. The Kier molecular flexibility index (Phi) is 3.19. The third-order valence-corrected chi connectivity index (χ3v) is 2.20. The Morgan fingerprint density at radius 3 is 2.42 bits per heavy atom. The van der Waals surface area contributed by atoms with Gasteiger partial charge in [0.15, 0.2) is 5.78 Å². The van der Waals surface area contributed by atoms with Crippen molar-refractivity contribution >= 4 is 15.0 Å². The van der Waals surface area contributed by atoms with Crippen LogP contribution in [0.1, 0.15) is 17.3 Å². The summed E-state index contributed by atoms with van der Waals surface area (Å²) >= 11 is 0. The molecule has 12 heavy (non-hydrogen) atoms. The van der Waals surface area contributed by atoms with Crippen LogP contribution in [-0.2, 0) is 0 Å². The van der Waals surface area contributed by atoms with Gasteiger partial charge in [-0.25, -0.2) is 0 Å². The molecular formula is C10H11OP. The Hall–Kier alpha value is -0.940. The summed E-state index contributed by atoms with van der Waals surface area (Å²) in [5.74, 6) is 0.0723. The number of carbonyl (C=O) groups is 1. The van der Waals surface area contributed by atoms with E-state index < -0.39 is 0 Å². The van der Waals surface area contributed by atoms with Crippen LogP contribution < -0.4 is 0 Å². The molecule has 0 heterocycles. The van der Waals surface area contributed by atoms with Crippen LogP contribution in [0.4, 0.5) is 0 Å². The van der Waals surface area contributed by atoms with Crippen molar-refractivity contribution in [3.63, 3.8) is 0 Å². The Balaban J connectivity index is 2.94. The second-order valence-electron chi connectivity index (χ2n) is 2.44. The zero-order valence-corrected chi connectivity index (χ0v) is 8.10. The molecule has 0 saturated heterocycles. The number of Topliss-reactive ketones (excluding diaryl/α,β-unsaturated/α-hetero) is 1. The van der Waals surface area contributed by atoms with Crippen LogP contribution in [0, 0.1) is 0 Å². The number of hydrogen-bond acceptors (Lipinski definition) is 1. The van der Waals surface area contributed by atoms with Gasteiger partial charge in [-0.1, -0.05) is 36.4 Å². The lowest BCUT2D eigenvalue weighted by atomic mass is 10.1. The largest absolute Gasteiger partial charge is 0.289 e. The maximum Gasteiger partial charge on any atom is 0.192 e. The molecule has 0 bridgehead atoms. The molecule has 0 fully saturated rings. The molecule has 0 spiro atoms. The summed E-state index contributed by atoms with van der Waals surface area (Å²) in [7, 11) is 2.43. The van der Waals surface area contributed by atoms with E-state index in [1.807, 2.05) is 37.3 Å². The Labute approximate surface area is 74.7 Å². The molecule has 0 amide bonds. The van der Waals surface area contributed by atoms with Crippen LogP contribution in [-0.4, -0.2) is 5.78 Å². The summed E-state index contributed by atoms with van der Waals surface area (Å²) in [6.07, 6.45) is 1.79. The number of allylic oxidation sites excluding steroid dienone is 2. The summed E-state index contributed by atoms with van der Waals surface area (Å²) in [6, 6.07) is 9.25. The molecule has 1 aromatic carbocycles. The highest BCUT2D eigenvalue weighted by Gasteiger charge is 2.04. The minimum Gasteiger partial charge on any atom is -0.289 e. The topological polar surface area (TPSA) is 17.1 Å². The molecule has 1 unspecified atom stereocenters. The minimum absolute atomic E-state index is 0.0723. The number of hydrogen-bond donors (Lipinski definition) is 0. The van der Waals surface area contributed by atoms with Crippen molar-refractivity contribution in [3.8, 4) is 0 Å². The lowest BCUT2D eigenvalue weighted by Gasteiger charge is -1.98. The van der Waals surface area contributed by atoms with Gasteiger partial charge in [0.25, 0.3) is 0 Å². The van der Waals surface area contributed by atoms with Crippen LogP contribution in [0.3, 0.4) is 0 Å². The molecule has 0 saturated carbocycles. The van der Waals surface area contributed by atoms with Crippen molar-refractivity contribution in [2.45, 2.75) is 6.92 Å². The van der Waals surface area contributed by atoms with Gasteiger partial charge in [-0.05, 0) is 6.92 Å². The van der Waals surface area contributed by atoms with E-state index in [9.17, 15) is 4.79 Å². The van der Waals surface area contributed by atoms with E-state index >= 15 is 0 Å². The third-order valence-electron chi connectivity index (χ3n) is 1.61. The van der Waals surface area contributed by atoms with Crippen molar-refractivity contribution in [3.05, 3.63) is 47.3 Å². The van der Waals surface area contributed by atoms with Crippen molar-refractivity contribution < 1.29 is 4.79 Å². The maximum absolute atomic E-state index is 11.5. The predicted molar refractivity (Wildman–Crippen MR) is 54.2 cm³/mol. The van der Waals surface area contributed by atoms with E-state index in [1.165, 1.54) is 0 Å². The molecule has 1 aromatic rings. The Morgan fingerprint density at radius 1 is 1.33 bits per heavy atom. The van der Waals surface area contributed by atoms with E-state index in [2.05, 4.69) is 9.24 Å². The molecule has 0 aromatic heterocycles. The third kappa shape index (κ3) is 2.02. The zero-order chi connectivity index (χ0) is 8.97. The first-order chi connectivity index (χ1) is 5.75. The SMILES string of the molecule is CC=C(P)C(=O)c1ccccc1. The van der Waals surface area contributed by atoms with E-state index in [0.717, 1.165) is 5.56 Å². The van der Waals surface area contributed by atoms with Gasteiger partial charge in [-0.3, -0.25) is 4.79 Å². The standard InChI is InChI=1S/C10H11OP/c1-2-9(12)10(11)8-6-4-3-5-7-8/h2-7H,12H2,1H3. The first-order valence-corrected chi connectivity index (χ1v) is 4.35. The number of ketones is 1. The van der Waals surface area contributed by atoms with Gasteiger partial charge in [0.2, 0.25) is 0 Å². The normalized spacial score (nSPS) is 11.3. The highest BCUT2D eigenvalue weighted by atomic mass is 31.0. The van der Waals surface area contributed by atoms with E-state index in [4.69, 9.17) is 0 Å². The summed E-state index contributed by atoms with van der Waals surface area (Å²) in [4.78, 5) is 11.5. The molecule has 0 aliphatic carbocycles. The fraction of sp³-hybridized carbons (Fsp3) is 0.100. The van der Waals surface area contributed by atoms with Crippen LogP contribution in [0.2, 0.25) is 0 Å². The Morgan fingerprint density at radius 2 is 1.92 bits per heavy atom. The summed E-state index contributed by atoms with van der Waals surface area (Å²) in [5, 5.41) is 0.709. The zero-order valence-electron chi connectivity index (χ0n) is 6.95. The van der Waals surface area contributed by atoms with Gasteiger partial charge in [-0.2, -0.15) is 0 Å². The van der Waals surface area contributed by atoms with Gasteiger partial charge in [-0.15, -0.1) is 9.24 Å². The molecule has 2 heteroatoms. The first-order valence-electron chi connectivity index (χ1n) is 3.77. The molecule has 0 aliphatic heterocycles. The lowest BCUT2D eigenvalue weighted by Crippen LogP contribution is -1.97. The highest BCUT2D eigenvalue weighted by Crippen LogP contribution is 2.13. The van der Waals surface area contributed by atoms with Crippen molar-refractivity contribution in [1.82, 2.24) is 0 Å². The fourth-order valence-corrected chi connectivity index (χ4v) is 1.05. The van der Waals surface area contributed by atoms with Gasteiger partial charge < -0.3 is 0 Å². The number of rotatable bonds is 2. The first kappa shape index (κ1) is 9.15. The molecule has 1 nitrogen and oxygen atoms in total. The van der Waals surface area contributed by atoms with E-state index in [1.54, 1.807) is 6.08 Å². The predicted octanol–water partition coefficient (Wildman–Crippen LogP) is 2.65. The second kappa shape index (κ2) is 4.18. The quantitative estimate of drug-likeness (QED) is 0.386. The summed E-state index contributed by atoms with van der Waals surface area (Å²) < 4.78 is 0. The minimum atomic E-state index is 0.0723. The van der Waals surface area contributed by atoms with E-state index in [0.29, 0.717) is 5.31 Å². The van der Waals surface area contributed by atoms with E-state index in [-0.39, 0.29) is 5.78 Å². The van der Waals surface area contributed by atoms with Crippen LogP contribution >= 0.6 is 9.24 Å². The summed E-state index contributed by atoms with van der Waals surface area (Å²) in [5.41, 5.74) is 0.737. The average Bonchev–Trinajstić information content (AvgIpc) is 2.17. The molecule has 62 valence electrons. The fourth-order valence-electron chi connectivity index (χ4n) is 0.887. The molecule has 0 radical (unpaired) electrons. The van der Waals surface area contributed by atoms with Crippen LogP contribution in [0.5, 0.6) is 0 Å². The molecule has 0 aliphatic rings. The lowest BCUT2D eigenvalue weighted by molar-refractivity contribution is 0.104. The van der Waals surface area contributed by atoms with Gasteiger partial charge >= 0.3 is 0 Å². The maximum atomic E-state index is 11.5. The number of benzene rings is 1. The van der Waals surface area contributed by atoms with Gasteiger partial charge in [0.05, 0.1) is 0 Å². The van der Waals surface area contributed by atoms with Crippen molar-refractivity contribution in [1.29, 1.82) is 0 Å². The smallest absolute Gasteiger partial charge is 0.192 e. The molecule has 0 N–H and O–H groups in total. The monoisotopic (exact) mass is 178 g/mol. The average molecular weight is 178 g/mol. The van der Waals surface area contributed by atoms with Gasteiger partial charge in [0, 0.05) is 10.9 Å². The summed E-state index contributed by atoms with van der Waals surface area (Å²) in [6.45, 7) is 1.85.